The first-order valence-corrected chi connectivity index (χ1v) is 5.88. The summed E-state index contributed by atoms with van der Waals surface area (Å²) in [7, 11) is 1.35. The van der Waals surface area contributed by atoms with Gasteiger partial charge in [0.05, 0.1) is 19.0 Å². The number of benzene rings is 1. The number of anilines is 2. The Morgan fingerprint density at radius 2 is 2.37 bits per heavy atom. The van der Waals surface area contributed by atoms with Gasteiger partial charge in [-0.15, -0.1) is 0 Å². The average Bonchev–Trinajstić information content (AvgIpc) is 2.92. The first kappa shape index (κ1) is 12.9. The van der Waals surface area contributed by atoms with Gasteiger partial charge in [-0.05, 0) is 18.2 Å². The normalized spacial score (nSPS) is 10.2. The number of hydrogen-bond acceptors (Lipinski definition) is 5. The molecular weight excluding hydrogens is 244 g/mol. The molecule has 1 aromatic carbocycles. The molecule has 0 aliphatic rings. The Bertz CT molecular complexity index is 552. The van der Waals surface area contributed by atoms with Gasteiger partial charge in [0.1, 0.15) is 0 Å². The van der Waals surface area contributed by atoms with Crippen LogP contribution in [0.25, 0.3) is 0 Å². The zero-order valence-electron chi connectivity index (χ0n) is 10.7. The van der Waals surface area contributed by atoms with E-state index in [1.54, 1.807) is 30.7 Å². The molecule has 1 heterocycles. The number of nitrogens with zero attached hydrogens (tertiary/aromatic N) is 2. The molecule has 2 aromatic rings. The molecule has 0 fully saturated rings. The minimum absolute atomic E-state index is 0.405. The number of nitrogens with two attached hydrogens (primary N) is 1. The lowest BCUT2D eigenvalue weighted by molar-refractivity contribution is 0.0602. The van der Waals surface area contributed by atoms with Crippen molar-refractivity contribution in [2.45, 2.75) is 6.54 Å². The van der Waals surface area contributed by atoms with Crippen LogP contribution in [-0.4, -0.2) is 29.2 Å². The Morgan fingerprint density at radius 3 is 3.05 bits per heavy atom. The third kappa shape index (κ3) is 3.25. The van der Waals surface area contributed by atoms with Crippen LogP contribution < -0.4 is 11.1 Å². The van der Waals surface area contributed by atoms with Crippen molar-refractivity contribution in [1.82, 2.24) is 9.55 Å². The summed E-state index contributed by atoms with van der Waals surface area (Å²) >= 11 is 0. The second kappa shape index (κ2) is 5.90. The van der Waals surface area contributed by atoms with Crippen molar-refractivity contribution in [2.24, 2.45) is 0 Å². The minimum Gasteiger partial charge on any atom is -0.465 e. The van der Waals surface area contributed by atoms with Gasteiger partial charge >= 0.3 is 5.97 Å². The standard InChI is InChI=1S/C13H16N4O2/c1-19-13(18)11-8-10(14)2-3-12(11)16-5-7-17-6-4-15-9-17/h2-4,6,8-9,16H,5,7,14H2,1H3. The van der Waals surface area contributed by atoms with E-state index in [0.717, 1.165) is 6.54 Å². The molecule has 0 bridgehead atoms. The van der Waals surface area contributed by atoms with Crippen LogP contribution in [-0.2, 0) is 11.3 Å². The van der Waals surface area contributed by atoms with Gasteiger partial charge < -0.3 is 20.4 Å². The number of nitrogen functional groups attached to an aromatic ring is 1. The van der Waals surface area contributed by atoms with Gasteiger partial charge in [-0.3, -0.25) is 0 Å². The van der Waals surface area contributed by atoms with Gasteiger partial charge in [-0.2, -0.15) is 0 Å². The molecule has 1 aromatic heterocycles. The third-order valence-corrected chi connectivity index (χ3v) is 2.69. The molecule has 3 N–H and O–H groups in total. The van der Waals surface area contributed by atoms with E-state index in [0.29, 0.717) is 23.5 Å². The molecule has 0 amide bonds. The number of carbonyl (C=O) groups is 1. The van der Waals surface area contributed by atoms with Crippen LogP contribution in [0, 0.1) is 0 Å². The summed E-state index contributed by atoms with van der Waals surface area (Å²) in [6, 6.07) is 5.12. The molecule has 0 atom stereocenters. The highest BCUT2D eigenvalue weighted by molar-refractivity contribution is 5.96. The SMILES string of the molecule is COC(=O)c1cc(N)ccc1NCCn1ccnc1. The number of esters is 1. The van der Waals surface area contributed by atoms with Gasteiger partial charge in [0.2, 0.25) is 0 Å². The van der Waals surface area contributed by atoms with Crippen LogP contribution in [0.2, 0.25) is 0 Å². The predicted octanol–water partition coefficient (Wildman–Crippen LogP) is 1.36. The van der Waals surface area contributed by atoms with Crippen LogP contribution >= 0.6 is 0 Å². The van der Waals surface area contributed by atoms with Crippen LogP contribution in [0.5, 0.6) is 0 Å². The molecule has 2 rings (SSSR count). The van der Waals surface area contributed by atoms with E-state index >= 15 is 0 Å². The summed E-state index contributed by atoms with van der Waals surface area (Å²) in [6.07, 6.45) is 5.35. The molecule has 6 heteroatoms. The molecule has 0 aliphatic heterocycles. The number of aromatic nitrogens is 2. The lowest BCUT2D eigenvalue weighted by Gasteiger charge is -2.11. The molecule has 6 nitrogen and oxygen atoms in total. The molecular formula is C13H16N4O2. The Kier molecular flexibility index (Phi) is 4.02. The first-order chi connectivity index (χ1) is 9.20. The van der Waals surface area contributed by atoms with E-state index in [9.17, 15) is 4.79 Å². The fourth-order valence-electron chi connectivity index (χ4n) is 1.73. The Balaban J connectivity index is 2.04. The quantitative estimate of drug-likeness (QED) is 0.626. The van der Waals surface area contributed by atoms with Crippen LogP contribution in [0.15, 0.2) is 36.9 Å². The Morgan fingerprint density at radius 1 is 1.53 bits per heavy atom. The van der Waals surface area contributed by atoms with Crippen molar-refractivity contribution < 1.29 is 9.53 Å². The number of nitrogens with one attached hydrogen (secondary N) is 1. The summed E-state index contributed by atoms with van der Waals surface area (Å²) in [5.74, 6) is -0.405. The molecule has 0 unspecified atom stereocenters. The zero-order chi connectivity index (χ0) is 13.7. The topological polar surface area (TPSA) is 82.2 Å². The highest BCUT2D eigenvalue weighted by Gasteiger charge is 2.11. The number of rotatable bonds is 5. The summed E-state index contributed by atoms with van der Waals surface area (Å²) in [6.45, 7) is 1.43. The largest absolute Gasteiger partial charge is 0.465 e. The highest BCUT2D eigenvalue weighted by atomic mass is 16.5. The highest BCUT2D eigenvalue weighted by Crippen LogP contribution is 2.19. The Labute approximate surface area is 111 Å². The molecule has 0 saturated carbocycles. The minimum atomic E-state index is -0.405. The smallest absolute Gasteiger partial charge is 0.340 e. The molecule has 0 radical (unpaired) electrons. The molecule has 0 saturated heterocycles. The van der Waals surface area contributed by atoms with Crippen molar-refractivity contribution in [3.63, 3.8) is 0 Å². The summed E-state index contributed by atoms with van der Waals surface area (Å²) < 4.78 is 6.68. The molecule has 19 heavy (non-hydrogen) atoms. The van der Waals surface area contributed by atoms with E-state index < -0.39 is 5.97 Å². The van der Waals surface area contributed by atoms with Crippen molar-refractivity contribution in [2.75, 3.05) is 24.7 Å². The summed E-state index contributed by atoms with van der Waals surface area (Å²) in [5, 5.41) is 3.19. The number of imidazole rings is 1. The van der Waals surface area contributed by atoms with Gasteiger partial charge in [-0.1, -0.05) is 0 Å². The lowest BCUT2D eigenvalue weighted by Crippen LogP contribution is -2.13. The van der Waals surface area contributed by atoms with Crippen molar-refractivity contribution >= 4 is 17.3 Å². The van der Waals surface area contributed by atoms with Crippen LogP contribution in [0.3, 0.4) is 0 Å². The first-order valence-electron chi connectivity index (χ1n) is 5.88. The van der Waals surface area contributed by atoms with E-state index in [2.05, 4.69) is 10.3 Å². The molecule has 0 aliphatic carbocycles. The number of hydrogen-bond donors (Lipinski definition) is 2. The maximum Gasteiger partial charge on any atom is 0.340 e. The van der Waals surface area contributed by atoms with Crippen molar-refractivity contribution in [3.8, 4) is 0 Å². The monoisotopic (exact) mass is 260 g/mol. The number of carbonyl (C=O) groups excluding carboxylic acids is 1. The van der Waals surface area contributed by atoms with Crippen molar-refractivity contribution in [3.05, 3.63) is 42.5 Å². The summed E-state index contributed by atoms with van der Waals surface area (Å²) in [5.41, 5.74) is 7.35. The van der Waals surface area contributed by atoms with Gasteiger partial charge in [-0.25, -0.2) is 9.78 Å². The van der Waals surface area contributed by atoms with Crippen LogP contribution in [0.1, 0.15) is 10.4 Å². The van der Waals surface area contributed by atoms with E-state index in [1.165, 1.54) is 7.11 Å². The molecule has 0 spiro atoms. The number of methoxy groups -OCH3 is 1. The number of ether oxygens (including phenoxy) is 1. The van der Waals surface area contributed by atoms with E-state index in [4.69, 9.17) is 10.5 Å². The third-order valence-electron chi connectivity index (χ3n) is 2.69. The second-order valence-electron chi connectivity index (χ2n) is 4.02. The van der Waals surface area contributed by atoms with E-state index in [1.807, 2.05) is 10.8 Å². The van der Waals surface area contributed by atoms with E-state index in [-0.39, 0.29) is 0 Å². The predicted molar refractivity (Wildman–Crippen MR) is 72.9 cm³/mol. The van der Waals surface area contributed by atoms with Gasteiger partial charge in [0.25, 0.3) is 0 Å². The lowest BCUT2D eigenvalue weighted by atomic mass is 10.1. The van der Waals surface area contributed by atoms with Gasteiger partial charge in [0.15, 0.2) is 0 Å². The maximum absolute atomic E-state index is 11.6. The van der Waals surface area contributed by atoms with Crippen molar-refractivity contribution in [1.29, 1.82) is 0 Å². The Hall–Kier alpha value is -2.50. The molecule has 100 valence electrons. The zero-order valence-corrected chi connectivity index (χ0v) is 10.7. The second-order valence-corrected chi connectivity index (χ2v) is 4.02. The fraction of sp³-hybridized carbons (Fsp3) is 0.231. The summed E-state index contributed by atoms with van der Waals surface area (Å²) in [4.78, 5) is 15.6. The van der Waals surface area contributed by atoms with Gasteiger partial charge in [0, 0.05) is 36.9 Å². The van der Waals surface area contributed by atoms with Crippen LogP contribution in [0.4, 0.5) is 11.4 Å². The maximum atomic E-state index is 11.6. The fourth-order valence-corrected chi connectivity index (χ4v) is 1.73. The average molecular weight is 260 g/mol.